The van der Waals surface area contributed by atoms with E-state index in [1.54, 1.807) is 0 Å². The Morgan fingerprint density at radius 1 is 1.40 bits per heavy atom. The summed E-state index contributed by atoms with van der Waals surface area (Å²) in [6.45, 7) is 8.05. The molecule has 0 aromatic heterocycles. The Labute approximate surface area is 95.2 Å². The Kier molecular flexibility index (Phi) is 6.26. The van der Waals surface area contributed by atoms with E-state index in [0.29, 0.717) is 5.92 Å². The van der Waals surface area contributed by atoms with E-state index in [1.807, 2.05) is 0 Å². The zero-order chi connectivity index (χ0) is 11.1. The molecule has 1 heterocycles. The van der Waals surface area contributed by atoms with Crippen LogP contribution in [0.3, 0.4) is 0 Å². The zero-order valence-electron chi connectivity index (χ0n) is 10.5. The molecule has 1 rings (SSSR count). The Morgan fingerprint density at radius 2 is 2.20 bits per heavy atom. The molecule has 1 fully saturated rings. The Balaban J connectivity index is 2.17. The molecule has 0 aliphatic carbocycles. The van der Waals surface area contributed by atoms with Crippen molar-refractivity contribution in [1.29, 1.82) is 0 Å². The van der Waals surface area contributed by atoms with Crippen molar-refractivity contribution < 1.29 is 0 Å². The van der Waals surface area contributed by atoms with Crippen LogP contribution >= 0.6 is 0 Å². The van der Waals surface area contributed by atoms with Gasteiger partial charge in [0.1, 0.15) is 0 Å². The van der Waals surface area contributed by atoms with Crippen molar-refractivity contribution in [3.05, 3.63) is 0 Å². The fourth-order valence-corrected chi connectivity index (χ4v) is 2.58. The predicted octanol–water partition coefficient (Wildman–Crippen LogP) is 2.63. The minimum Gasteiger partial charge on any atom is -0.330 e. The smallest absolute Gasteiger partial charge is 0.00926 e. The van der Waals surface area contributed by atoms with Crippen LogP contribution < -0.4 is 5.73 Å². The van der Waals surface area contributed by atoms with E-state index in [-0.39, 0.29) is 0 Å². The minimum atomic E-state index is 0.704. The van der Waals surface area contributed by atoms with Gasteiger partial charge in [0.2, 0.25) is 0 Å². The van der Waals surface area contributed by atoms with E-state index in [2.05, 4.69) is 18.7 Å². The molecule has 1 saturated heterocycles. The maximum absolute atomic E-state index is 5.63. The number of hydrogen-bond donors (Lipinski definition) is 1. The van der Waals surface area contributed by atoms with E-state index >= 15 is 0 Å². The van der Waals surface area contributed by atoms with E-state index in [4.69, 9.17) is 5.73 Å². The molecule has 15 heavy (non-hydrogen) atoms. The van der Waals surface area contributed by atoms with Gasteiger partial charge in [0.05, 0.1) is 0 Å². The van der Waals surface area contributed by atoms with Crippen molar-refractivity contribution in [2.24, 2.45) is 11.7 Å². The molecule has 2 atom stereocenters. The second kappa shape index (κ2) is 7.24. The first kappa shape index (κ1) is 13.0. The maximum atomic E-state index is 5.63. The monoisotopic (exact) mass is 212 g/mol. The fraction of sp³-hybridized carbons (Fsp3) is 1.00. The molecule has 0 aromatic carbocycles. The second-order valence-corrected chi connectivity index (χ2v) is 5.08. The fourth-order valence-electron chi connectivity index (χ4n) is 2.58. The SMILES string of the molecule is CCC1CCCCN1CCCC(C)CN. The number of piperidine rings is 1. The summed E-state index contributed by atoms with van der Waals surface area (Å²) in [6, 6.07) is 0.868. The normalized spacial score (nSPS) is 25.4. The van der Waals surface area contributed by atoms with Gasteiger partial charge in [0.25, 0.3) is 0 Å². The highest BCUT2D eigenvalue weighted by Crippen LogP contribution is 2.20. The van der Waals surface area contributed by atoms with Crippen LogP contribution in [0.5, 0.6) is 0 Å². The standard InChI is InChI=1S/C13H28N2/c1-3-13-8-4-5-9-15(13)10-6-7-12(2)11-14/h12-13H,3-11,14H2,1-2H3. The summed E-state index contributed by atoms with van der Waals surface area (Å²) < 4.78 is 0. The van der Waals surface area contributed by atoms with Crippen molar-refractivity contribution in [2.45, 2.75) is 58.4 Å². The molecule has 90 valence electrons. The first-order valence-corrected chi connectivity index (χ1v) is 6.72. The van der Waals surface area contributed by atoms with Crippen LogP contribution in [0.25, 0.3) is 0 Å². The van der Waals surface area contributed by atoms with Gasteiger partial charge in [-0.25, -0.2) is 0 Å². The van der Waals surface area contributed by atoms with Gasteiger partial charge in [-0.05, 0) is 57.7 Å². The lowest BCUT2D eigenvalue weighted by atomic mass is 9.99. The topological polar surface area (TPSA) is 29.3 Å². The molecule has 2 unspecified atom stereocenters. The molecule has 0 radical (unpaired) electrons. The van der Waals surface area contributed by atoms with Crippen molar-refractivity contribution in [1.82, 2.24) is 4.90 Å². The highest BCUT2D eigenvalue weighted by molar-refractivity contribution is 4.75. The number of likely N-dealkylation sites (tertiary alicyclic amines) is 1. The lowest BCUT2D eigenvalue weighted by molar-refractivity contribution is 0.140. The number of hydrogen-bond acceptors (Lipinski definition) is 2. The first-order chi connectivity index (χ1) is 7.27. The summed E-state index contributed by atoms with van der Waals surface area (Å²) in [6.07, 6.45) is 8.21. The van der Waals surface area contributed by atoms with Crippen LogP contribution in [-0.4, -0.2) is 30.6 Å². The van der Waals surface area contributed by atoms with Gasteiger partial charge in [-0.15, -0.1) is 0 Å². The molecule has 2 N–H and O–H groups in total. The van der Waals surface area contributed by atoms with E-state index in [9.17, 15) is 0 Å². The molecule has 1 aliphatic rings. The Bertz CT molecular complexity index is 159. The Morgan fingerprint density at radius 3 is 2.87 bits per heavy atom. The van der Waals surface area contributed by atoms with Gasteiger partial charge in [-0.1, -0.05) is 20.3 Å². The average Bonchev–Trinajstić information content (AvgIpc) is 2.29. The van der Waals surface area contributed by atoms with E-state index in [1.165, 1.54) is 51.6 Å². The summed E-state index contributed by atoms with van der Waals surface area (Å²) in [5.41, 5.74) is 5.63. The van der Waals surface area contributed by atoms with Crippen LogP contribution in [0.4, 0.5) is 0 Å². The van der Waals surface area contributed by atoms with Gasteiger partial charge in [0.15, 0.2) is 0 Å². The van der Waals surface area contributed by atoms with E-state index in [0.717, 1.165) is 12.6 Å². The number of nitrogens with zero attached hydrogens (tertiary/aromatic N) is 1. The average molecular weight is 212 g/mol. The highest BCUT2D eigenvalue weighted by atomic mass is 15.2. The van der Waals surface area contributed by atoms with Crippen LogP contribution in [0.2, 0.25) is 0 Å². The summed E-state index contributed by atoms with van der Waals surface area (Å²) in [7, 11) is 0. The predicted molar refractivity (Wildman–Crippen MR) is 67.0 cm³/mol. The molecule has 0 aromatic rings. The number of rotatable bonds is 6. The quantitative estimate of drug-likeness (QED) is 0.733. The molecule has 2 nitrogen and oxygen atoms in total. The Hall–Kier alpha value is -0.0800. The van der Waals surface area contributed by atoms with Crippen molar-refractivity contribution in [3.63, 3.8) is 0 Å². The van der Waals surface area contributed by atoms with Crippen molar-refractivity contribution >= 4 is 0 Å². The van der Waals surface area contributed by atoms with Gasteiger partial charge < -0.3 is 10.6 Å². The summed E-state index contributed by atoms with van der Waals surface area (Å²) in [5.74, 6) is 0.704. The summed E-state index contributed by atoms with van der Waals surface area (Å²) in [4.78, 5) is 2.70. The highest BCUT2D eigenvalue weighted by Gasteiger charge is 2.19. The largest absolute Gasteiger partial charge is 0.330 e. The maximum Gasteiger partial charge on any atom is 0.00926 e. The molecule has 0 amide bonds. The van der Waals surface area contributed by atoms with Gasteiger partial charge in [-0.2, -0.15) is 0 Å². The third kappa shape index (κ3) is 4.52. The lowest BCUT2D eigenvalue weighted by Gasteiger charge is -2.35. The van der Waals surface area contributed by atoms with Gasteiger partial charge in [0, 0.05) is 6.04 Å². The molecule has 0 bridgehead atoms. The third-order valence-corrected chi connectivity index (χ3v) is 3.76. The molecule has 0 saturated carbocycles. The van der Waals surface area contributed by atoms with E-state index < -0.39 is 0 Å². The molecule has 0 spiro atoms. The van der Waals surface area contributed by atoms with Gasteiger partial charge >= 0.3 is 0 Å². The van der Waals surface area contributed by atoms with Crippen LogP contribution in [0, 0.1) is 5.92 Å². The molecule has 2 heteroatoms. The van der Waals surface area contributed by atoms with Crippen molar-refractivity contribution in [3.8, 4) is 0 Å². The third-order valence-electron chi connectivity index (χ3n) is 3.76. The second-order valence-electron chi connectivity index (χ2n) is 5.08. The van der Waals surface area contributed by atoms with Gasteiger partial charge in [-0.3, -0.25) is 0 Å². The summed E-state index contributed by atoms with van der Waals surface area (Å²) in [5, 5.41) is 0. The zero-order valence-corrected chi connectivity index (χ0v) is 10.5. The van der Waals surface area contributed by atoms with Crippen LogP contribution in [0.15, 0.2) is 0 Å². The van der Waals surface area contributed by atoms with Crippen molar-refractivity contribution in [2.75, 3.05) is 19.6 Å². The lowest BCUT2D eigenvalue weighted by Crippen LogP contribution is -2.39. The summed E-state index contributed by atoms with van der Waals surface area (Å²) >= 11 is 0. The van der Waals surface area contributed by atoms with Crippen LogP contribution in [0.1, 0.15) is 52.4 Å². The molecule has 1 aliphatic heterocycles. The first-order valence-electron chi connectivity index (χ1n) is 6.72. The molecular weight excluding hydrogens is 184 g/mol. The number of nitrogens with two attached hydrogens (primary N) is 1. The molecular formula is C13H28N2. The van der Waals surface area contributed by atoms with Crippen LogP contribution in [-0.2, 0) is 0 Å². The minimum absolute atomic E-state index is 0.704.